The van der Waals surface area contributed by atoms with Crippen LogP contribution in [0.4, 0.5) is 0 Å². The minimum Gasteiger partial charge on any atom is -0.394 e. The van der Waals surface area contributed by atoms with Gasteiger partial charge in [0, 0.05) is 16.5 Å². The third-order valence-electron chi connectivity index (χ3n) is 5.97. The lowest BCUT2D eigenvalue weighted by Crippen LogP contribution is -2.57. The molecule has 1 aromatic carbocycles. The van der Waals surface area contributed by atoms with Crippen molar-refractivity contribution in [3.8, 4) is 0 Å². The number of hydrogen-bond acceptors (Lipinski definition) is 11. The number of para-hydroxylation sites is 1. The topological polar surface area (TPSA) is 196 Å². The molecule has 3 heterocycles. The van der Waals surface area contributed by atoms with Crippen LogP contribution in [-0.2, 0) is 9.47 Å². The number of aromatic nitrogens is 1. The second-order valence-electron chi connectivity index (χ2n) is 7.98. The van der Waals surface area contributed by atoms with Crippen molar-refractivity contribution in [2.45, 2.75) is 65.4 Å². The zero-order valence-electron chi connectivity index (χ0n) is 16.8. The molecule has 0 radical (unpaired) electrons. The molecule has 2 aliphatic heterocycles. The smallest absolute Gasteiger partial charge is 0.138 e. The summed E-state index contributed by atoms with van der Waals surface area (Å²) in [6.07, 6.45) is -12.5. The molecule has 2 fully saturated rings. The summed E-state index contributed by atoms with van der Waals surface area (Å²) in [5, 5.41) is 81.6. The Labute approximate surface area is 186 Å². The van der Waals surface area contributed by atoms with Gasteiger partial charge in [0.05, 0.1) is 18.2 Å². The molecule has 0 bridgehead atoms. The van der Waals surface area contributed by atoms with E-state index in [0.717, 1.165) is 11.8 Å². The highest BCUT2D eigenvalue weighted by Gasteiger charge is 2.47. The lowest BCUT2D eigenvalue weighted by molar-refractivity contribution is -0.232. The molecule has 0 aliphatic carbocycles. The van der Waals surface area contributed by atoms with Gasteiger partial charge in [-0.3, -0.25) is 0 Å². The quantitative estimate of drug-likeness (QED) is 0.224. The van der Waals surface area contributed by atoms with Crippen molar-refractivity contribution in [3.05, 3.63) is 29.8 Å². The van der Waals surface area contributed by atoms with E-state index in [-0.39, 0.29) is 0 Å². The molecule has 0 saturated carbocycles. The maximum atomic E-state index is 10.7. The molecule has 12 heteroatoms. The monoisotopic (exact) mass is 473 g/mol. The third-order valence-corrected chi connectivity index (χ3v) is 7.15. The Hall–Kier alpha value is -1.29. The molecule has 2 aliphatic rings. The highest BCUT2D eigenvalue weighted by Crippen LogP contribution is 2.44. The van der Waals surface area contributed by atoms with Crippen LogP contribution < -0.4 is 0 Å². The summed E-state index contributed by atoms with van der Waals surface area (Å²) in [5.41, 5.74) is -0.0479. The van der Waals surface area contributed by atoms with E-state index in [1.165, 1.54) is 0 Å². The van der Waals surface area contributed by atoms with E-state index in [1.807, 2.05) is 0 Å². The third kappa shape index (κ3) is 4.06. The van der Waals surface area contributed by atoms with Gasteiger partial charge in [-0.2, -0.15) is 0 Å². The summed E-state index contributed by atoms with van der Waals surface area (Å²) >= 11 is 0.949. The molecular formula is C20H27NO10S. The Morgan fingerprint density at radius 2 is 1.34 bits per heavy atom. The Balaban J connectivity index is 1.73. The molecule has 2 aromatic rings. The number of rotatable bonds is 5. The maximum absolute atomic E-state index is 10.7. The number of fused-ring (bicyclic) bond motifs is 1. The van der Waals surface area contributed by atoms with Crippen molar-refractivity contribution >= 4 is 22.7 Å². The Morgan fingerprint density at radius 3 is 2.00 bits per heavy atom. The molecule has 32 heavy (non-hydrogen) atoms. The van der Waals surface area contributed by atoms with Gasteiger partial charge in [0.15, 0.2) is 0 Å². The van der Waals surface area contributed by atoms with Crippen LogP contribution in [-0.4, -0.2) is 113 Å². The van der Waals surface area contributed by atoms with E-state index in [0.29, 0.717) is 21.5 Å². The fourth-order valence-electron chi connectivity index (χ4n) is 4.14. The number of aliphatic hydroxyl groups excluding tert-OH is 8. The van der Waals surface area contributed by atoms with Gasteiger partial charge in [0.2, 0.25) is 0 Å². The van der Waals surface area contributed by atoms with Gasteiger partial charge < -0.3 is 55.3 Å². The highest BCUT2D eigenvalue weighted by atomic mass is 32.2. The van der Waals surface area contributed by atoms with E-state index in [9.17, 15) is 40.9 Å². The molecule has 2 saturated heterocycles. The van der Waals surface area contributed by atoms with Crippen molar-refractivity contribution in [3.63, 3.8) is 0 Å². The van der Waals surface area contributed by atoms with Crippen LogP contribution in [0.3, 0.4) is 0 Å². The number of aliphatic hydroxyl groups is 8. The van der Waals surface area contributed by atoms with Gasteiger partial charge in [-0.25, -0.2) is 0 Å². The second kappa shape index (κ2) is 9.52. The summed E-state index contributed by atoms with van der Waals surface area (Å²) in [7, 11) is 0. The van der Waals surface area contributed by atoms with E-state index in [4.69, 9.17) is 9.47 Å². The maximum Gasteiger partial charge on any atom is 0.138 e. The van der Waals surface area contributed by atoms with E-state index >= 15 is 0 Å². The molecule has 10 atom stereocenters. The van der Waals surface area contributed by atoms with Crippen LogP contribution in [0.15, 0.2) is 29.3 Å². The Kier molecular flexibility index (Phi) is 7.10. The predicted molar refractivity (Wildman–Crippen MR) is 111 cm³/mol. The van der Waals surface area contributed by atoms with Crippen LogP contribution in [0.2, 0.25) is 0 Å². The van der Waals surface area contributed by atoms with Crippen molar-refractivity contribution < 1.29 is 50.3 Å². The molecule has 0 amide bonds. The van der Waals surface area contributed by atoms with Gasteiger partial charge in [-0.1, -0.05) is 30.0 Å². The summed E-state index contributed by atoms with van der Waals surface area (Å²) in [5.74, 6) is 0. The minimum absolute atomic E-state index is 0.375. The molecule has 0 unspecified atom stereocenters. The molecule has 0 spiro atoms. The zero-order valence-corrected chi connectivity index (χ0v) is 17.6. The summed E-state index contributed by atoms with van der Waals surface area (Å²) in [6, 6.07) is 7.05. The van der Waals surface area contributed by atoms with Crippen LogP contribution in [0.25, 0.3) is 10.9 Å². The number of hydrogen-bond donors (Lipinski definition) is 9. The SMILES string of the molecule is OC[C@H]1O[C@@H](Sc2[nH]c3ccccc3c2[C@@H]2O[C@H](CO)[C@@H](O)[C@H](O)[C@H]2O)[C@H](O)[C@@H](O)[C@@H]1O. The lowest BCUT2D eigenvalue weighted by atomic mass is 9.91. The summed E-state index contributed by atoms with van der Waals surface area (Å²) < 4.78 is 11.3. The first-order valence-electron chi connectivity index (χ1n) is 10.2. The van der Waals surface area contributed by atoms with Gasteiger partial charge in [0.25, 0.3) is 0 Å². The first-order chi connectivity index (χ1) is 15.3. The first kappa shape index (κ1) is 23.9. The number of benzene rings is 1. The Bertz CT molecular complexity index is 923. The van der Waals surface area contributed by atoms with Crippen LogP contribution in [0.5, 0.6) is 0 Å². The standard InChI is InChI=1S/C20H27NO10S/c22-5-9-12(24)14(26)16(28)18(30-9)11-7-3-1-2-4-8(7)21-19(11)32-20-17(29)15(27)13(25)10(6-23)31-20/h1-4,9-10,12-18,20-29H,5-6H2/t9-,10-,12-,13-,14+,15+,16-,17-,18+,20+/m1/s1. The first-order valence-corrected chi connectivity index (χ1v) is 11.0. The number of ether oxygens (including phenoxy) is 2. The lowest BCUT2D eigenvalue weighted by Gasteiger charge is -2.41. The van der Waals surface area contributed by atoms with Gasteiger partial charge in [0.1, 0.15) is 60.4 Å². The molecule has 9 N–H and O–H groups in total. The van der Waals surface area contributed by atoms with Crippen LogP contribution >= 0.6 is 11.8 Å². The van der Waals surface area contributed by atoms with Crippen LogP contribution in [0, 0.1) is 0 Å². The van der Waals surface area contributed by atoms with E-state index in [2.05, 4.69) is 4.98 Å². The number of thioether (sulfide) groups is 1. The number of aromatic amines is 1. The van der Waals surface area contributed by atoms with E-state index < -0.39 is 73.6 Å². The largest absolute Gasteiger partial charge is 0.394 e. The van der Waals surface area contributed by atoms with Crippen molar-refractivity contribution in [1.29, 1.82) is 0 Å². The average molecular weight is 474 g/mol. The van der Waals surface area contributed by atoms with Gasteiger partial charge in [-0.05, 0) is 6.07 Å². The fraction of sp³-hybridized carbons (Fsp3) is 0.600. The zero-order chi connectivity index (χ0) is 23.2. The van der Waals surface area contributed by atoms with Gasteiger partial charge in [-0.15, -0.1) is 0 Å². The highest BCUT2D eigenvalue weighted by molar-refractivity contribution is 7.99. The predicted octanol–water partition coefficient (Wildman–Crippen LogP) is -2.43. The van der Waals surface area contributed by atoms with Gasteiger partial charge >= 0.3 is 0 Å². The molecular weight excluding hydrogens is 446 g/mol. The average Bonchev–Trinajstić information content (AvgIpc) is 3.16. The molecule has 1 aromatic heterocycles. The number of H-pyrrole nitrogens is 1. The van der Waals surface area contributed by atoms with Crippen molar-refractivity contribution in [2.24, 2.45) is 0 Å². The summed E-state index contributed by atoms with van der Waals surface area (Å²) in [6.45, 7) is -1.16. The second-order valence-corrected chi connectivity index (χ2v) is 9.09. The fourth-order valence-corrected chi connectivity index (χ4v) is 5.39. The minimum atomic E-state index is -1.58. The Morgan fingerprint density at radius 1 is 0.750 bits per heavy atom. The molecule has 11 nitrogen and oxygen atoms in total. The summed E-state index contributed by atoms with van der Waals surface area (Å²) in [4.78, 5) is 3.14. The van der Waals surface area contributed by atoms with Crippen molar-refractivity contribution in [2.75, 3.05) is 13.2 Å². The van der Waals surface area contributed by atoms with Crippen LogP contribution in [0.1, 0.15) is 11.7 Å². The molecule has 178 valence electrons. The van der Waals surface area contributed by atoms with Crippen molar-refractivity contribution in [1.82, 2.24) is 4.98 Å². The van der Waals surface area contributed by atoms with E-state index in [1.54, 1.807) is 24.3 Å². The number of nitrogens with one attached hydrogen (secondary N) is 1. The molecule has 4 rings (SSSR count). The normalized spacial score (nSPS) is 40.6.